The molecule has 1 N–H and O–H groups in total. The Balaban J connectivity index is 2.39. The number of rotatable bonds is 4. The summed E-state index contributed by atoms with van der Waals surface area (Å²) >= 11 is 5.92. The lowest BCUT2D eigenvalue weighted by Crippen LogP contribution is -2.25. The molecule has 0 aliphatic rings. The van der Waals surface area contributed by atoms with Crippen LogP contribution in [0.5, 0.6) is 0 Å². The SMILES string of the molecule is Cc1nc(C(=O)CC(C)(C)c2cc(F)c(C(F)(F)F)cc2Cl)cc(=O)[nH]1. The molecule has 0 unspecified atom stereocenters. The van der Waals surface area contributed by atoms with Crippen LogP contribution >= 0.6 is 11.6 Å². The molecule has 0 saturated heterocycles. The lowest BCUT2D eigenvalue weighted by molar-refractivity contribution is -0.140. The minimum Gasteiger partial charge on any atom is -0.311 e. The third-order valence-electron chi connectivity index (χ3n) is 3.84. The van der Waals surface area contributed by atoms with Crippen LogP contribution in [0.2, 0.25) is 5.02 Å². The lowest BCUT2D eigenvalue weighted by Gasteiger charge is -2.26. The second kappa shape index (κ2) is 6.83. The largest absolute Gasteiger partial charge is 0.419 e. The molecule has 0 amide bonds. The zero-order valence-corrected chi connectivity index (χ0v) is 14.8. The van der Waals surface area contributed by atoms with Gasteiger partial charge >= 0.3 is 6.18 Å². The van der Waals surface area contributed by atoms with E-state index in [1.165, 1.54) is 6.92 Å². The average Bonchev–Trinajstić information content (AvgIpc) is 2.46. The Kier molecular flexibility index (Phi) is 5.28. The maximum atomic E-state index is 13.9. The van der Waals surface area contributed by atoms with Gasteiger partial charge in [-0.05, 0) is 30.0 Å². The van der Waals surface area contributed by atoms with Crippen molar-refractivity contribution in [3.8, 4) is 0 Å². The van der Waals surface area contributed by atoms with Gasteiger partial charge in [0.05, 0.1) is 5.56 Å². The molecule has 0 radical (unpaired) electrons. The van der Waals surface area contributed by atoms with Gasteiger partial charge in [-0.1, -0.05) is 25.4 Å². The first kappa shape index (κ1) is 20.1. The lowest BCUT2D eigenvalue weighted by atomic mass is 9.79. The van der Waals surface area contributed by atoms with E-state index in [9.17, 15) is 27.2 Å². The van der Waals surface area contributed by atoms with E-state index in [4.69, 9.17) is 11.6 Å². The molecule has 9 heteroatoms. The number of aryl methyl sites for hydroxylation is 1. The molecule has 2 aromatic rings. The number of aromatic amines is 1. The molecule has 4 nitrogen and oxygen atoms in total. The summed E-state index contributed by atoms with van der Waals surface area (Å²) in [6, 6.07) is 2.23. The fraction of sp³-hybridized carbons (Fsp3) is 0.353. The molecule has 2 rings (SSSR count). The van der Waals surface area contributed by atoms with Crippen LogP contribution in [0.1, 0.15) is 47.7 Å². The van der Waals surface area contributed by atoms with Gasteiger partial charge in [0.15, 0.2) is 5.78 Å². The molecule has 1 aromatic heterocycles. The Bertz CT molecular complexity index is 920. The molecule has 0 fully saturated rings. The maximum absolute atomic E-state index is 13.9. The Morgan fingerprint density at radius 1 is 1.19 bits per heavy atom. The molecular weight excluding hydrogens is 376 g/mol. The molecule has 1 aromatic carbocycles. The van der Waals surface area contributed by atoms with Gasteiger partial charge in [-0.15, -0.1) is 0 Å². The summed E-state index contributed by atoms with van der Waals surface area (Å²) in [4.78, 5) is 30.2. The number of H-pyrrole nitrogens is 1. The van der Waals surface area contributed by atoms with E-state index in [0.29, 0.717) is 12.1 Å². The van der Waals surface area contributed by atoms with E-state index in [2.05, 4.69) is 9.97 Å². The Morgan fingerprint density at radius 2 is 1.81 bits per heavy atom. The number of nitrogens with one attached hydrogen (secondary N) is 1. The van der Waals surface area contributed by atoms with E-state index in [-0.39, 0.29) is 28.5 Å². The Morgan fingerprint density at radius 3 is 2.35 bits per heavy atom. The number of nitrogens with zero attached hydrogens (tertiary/aromatic N) is 1. The second-order valence-corrected chi connectivity index (χ2v) is 6.92. The second-order valence-electron chi connectivity index (χ2n) is 6.51. The minimum absolute atomic E-state index is 0.0552. The molecule has 0 saturated carbocycles. The van der Waals surface area contributed by atoms with Gasteiger partial charge in [0, 0.05) is 17.5 Å². The van der Waals surface area contributed by atoms with Gasteiger partial charge in [-0.2, -0.15) is 13.2 Å². The first-order chi connectivity index (χ1) is 11.8. The molecule has 26 heavy (non-hydrogen) atoms. The number of aromatic nitrogens is 2. The number of hydrogen-bond donors (Lipinski definition) is 1. The standard InChI is InChI=1S/C17H15ClF4N2O2/c1-8-23-13(6-15(26)24-8)14(25)7-16(2,3)9-5-12(19)10(4-11(9)18)17(20,21)22/h4-6H,7H2,1-3H3,(H,23,24,26). The molecule has 0 bridgehead atoms. The summed E-state index contributed by atoms with van der Waals surface area (Å²) in [5, 5.41) is -0.299. The van der Waals surface area contributed by atoms with Gasteiger partial charge in [0.1, 0.15) is 17.3 Å². The fourth-order valence-electron chi connectivity index (χ4n) is 2.59. The van der Waals surface area contributed by atoms with Gasteiger partial charge in [0.25, 0.3) is 5.56 Å². The zero-order valence-electron chi connectivity index (χ0n) is 14.1. The van der Waals surface area contributed by atoms with Crippen molar-refractivity contribution in [1.82, 2.24) is 9.97 Å². The first-order valence-corrected chi connectivity index (χ1v) is 7.87. The minimum atomic E-state index is -4.88. The van der Waals surface area contributed by atoms with E-state index < -0.39 is 34.3 Å². The van der Waals surface area contributed by atoms with Crippen molar-refractivity contribution in [1.29, 1.82) is 0 Å². The zero-order chi connectivity index (χ0) is 19.9. The van der Waals surface area contributed by atoms with Crippen LogP contribution in [0.4, 0.5) is 17.6 Å². The summed E-state index contributed by atoms with van der Waals surface area (Å²) in [5.74, 6) is -1.74. The fourth-order valence-corrected chi connectivity index (χ4v) is 3.01. The van der Waals surface area contributed by atoms with Gasteiger partial charge < -0.3 is 4.98 Å². The number of alkyl halides is 3. The number of carbonyl (C=O) groups is 1. The van der Waals surface area contributed by atoms with Crippen molar-refractivity contribution in [2.75, 3.05) is 0 Å². The van der Waals surface area contributed by atoms with Crippen LogP contribution in [0.25, 0.3) is 0 Å². The molecule has 0 aliphatic heterocycles. The van der Waals surface area contributed by atoms with Crippen molar-refractivity contribution in [2.45, 2.75) is 38.8 Å². The van der Waals surface area contributed by atoms with E-state index >= 15 is 0 Å². The maximum Gasteiger partial charge on any atom is 0.419 e. The molecule has 1 heterocycles. The molecule has 0 spiro atoms. The smallest absolute Gasteiger partial charge is 0.311 e. The third kappa shape index (κ3) is 4.30. The highest BCUT2D eigenvalue weighted by Crippen LogP contribution is 2.39. The first-order valence-electron chi connectivity index (χ1n) is 7.49. The van der Waals surface area contributed by atoms with Gasteiger partial charge in [-0.3, -0.25) is 9.59 Å². The number of halogens is 5. The molecule has 140 valence electrons. The Hall–Kier alpha value is -2.22. The summed E-state index contributed by atoms with van der Waals surface area (Å²) in [7, 11) is 0. The monoisotopic (exact) mass is 390 g/mol. The van der Waals surface area contributed by atoms with Crippen molar-refractivity contribution < 1.29 is 22.4 Å². The summed E-state index contributed by atoms with van der Waals surface area (Å²) < 4.78 is 52.2. The van der Waals surface area contributed by atoms with Crippen molar-refractivity contribution in [3.63, 3.8) is 0 Å². The number of hydrogen-bond acceptors (Lipinski definition) is 3. The summed E-state index contributed by atoms with van der Waals surface area (Å²) in [6.07, 6.45) is -5.11. The van der Waals surface area contributed by atoms with Crippen LogP contribution < -0.4 is 5.56 Å². The van der Waals surface area contributed by atoms with E-state index in [1.807, 2.05) is 0 Å². The number of ketones is 1. The van der Waals surface area contributed by atoms with Crippen molar-refractivity contribution in [3.05, 3.63) is 62.0 Å². The van der Waals surface area contributed by atoms with Crippen LogP contribution in [-0.4, -0.2) is 15.8 Å². The highest BCUT2D eigenvalue weighted by molar-refractivity contribution is 6.31. The van der Waals surface area contributed by atoms with Crippen molar-refractivity contribution >= 4 is 17.4 Å². The normalized spacial score (nSPS) is 12.3. The van der Waals surface area contributed by atoms with Crippen molar-refractivity contribution in [2.24, 2.45) is 0 Å². The highest BCUT2D eigenvalue weighted by atomic mass is 35.5. The average molecular weight is 391 g/mol. The van der Waals surface area contributed by atoms with Crippen LogP contribution in [0.15, 0.2) is 23.0 Å². The van der Waals surface area contributed by atoms with E-state index in [1.54, 1.807) is 13.8 Å². The van der Waals surface area contributed by atoms with Crippen LogP contribution in [0, 0.1) is 12.7 Å². The topological polar surface area (TPSA) is 62.8 Å². The molecular formula is C17H15ClF4N2O2. The molecule has 0 atom stereocenters. The predicted molar refractivity (Wildman–Crippen MR) is 88.0 cm³/mol. The van der Waals surface area contributed by atoms with Crippen LogP contribution in [0.3, 0.4) is 0 Å². The van der Waals surface area contributed by atoms with Gasteiger partial charge in [-0.25, -0.2) is 9.37 Å². The number of benzene rings is 1. The Labute approximate surface area is 151 Å². The summed E-state index contributed by atoms with van der Waals surface area (Å²) in [5.41, 5.74) is -3.09. The third-order valence-corrected chi connectivity index (χ3v) is 4.15. The van der Waals surface area contributed by atoms with Crippen LogP contribution in [-0.2, 0) is 11.6 Å². The van der Waals surface area contributed by atoms with E-state index in [0.717, 1.165) is 6.07 Å². The van der Waals surface area contributed by atoms with Gasteiger partial charge in [0.2, 0.25) is 0 Å². The highest BCUT2D eigenvalue weighted by Gasteiger charge is 2.37. The number of Topliss-reactive ketones (excluding diaryl/α,β-unsaturated/α-hetero) is 1. The predicted octanol–water partition coefficient (Wildman–Crippen LogP) is 4.44. The quantitative estimate of drug-likeness (QED) is 0.620. The number of carbonyl (C=O) groups excluding carboxylic acids is 1. The molecule has 0 aliphatic carbocycles. The summed E-state index contributed by atoms with van der Waals surface area (Å²) in [6.45, 7) is 4.59.